The number of nitrogens with zero attached hydrogens (tertiary/aromatic N) is 3. The summed E-state index contributed by atoms with van der Waals surface area (Å²) >= 11 is 0. The SMILES string of the molecule is CCN(CC(=O)N(C)C)c1ccc(N)c(OCC2CC2)n1. The molecule has 1 fully saturated rings. The maximum absolute atomic E-state index is 11.9. The van der Waals surface area contributed by atoms with Crippen molar-refractivity contribution >= 4 is 17.4 Å². The van der Waals surface area contributed by atoms with E-state index < -0.39 is 0 Å². The van der Waals surface area contributed by atoms with Crippen molar-refractivity contribution in [1.29, 1.82) is 0 Å². The number of anilines is 2. The quantitative estimate of drug-likeness (QED) is 0.821. The molecule has 6 heteroatoms. The van der Waals surface area contributed by atoms with Crippen LogP contribution in [0.2, 0.25) is 0 Å². The molecule has 1 heterocycles. The Bertz CT molecular complexity index is 500. The summed E-state index contributed by atoms with van der Waals surface area (Å²) < 4.78 is 5.69. The van der Waals surface area contributed by atoms with E-state index in [0.717, 1.165) is 0 Å². The van der Waals surface area contributed by atoms with E-state index in [1.54, 1.807) is 25.1 Å². The Morgan fingerprint density at radius 3 is 2.71 bits per heavy atom. The van der Waals surface area contributed by atoms with Gasteiger partial charge >= 0.3 is 0 Å². The average Bonchev–Trinajstić information content (AvgIpc) is 3.28. The van der Waals surface area contributed by atoms with Crippen molar-refractivity contribution in [2.75, 3.05) is 44.4 Å². The number of nitrogens with two attached hydrogens (primary N) is 1. The Morgan fingerprint density at radius 1 is 1.43 bits per heavy atom. The summed E-state index contributed by atoms with van der Waals surface area (Å²) in [6.07, 6.45) is 2.44. The lowest BCUT2D eigenvalue weighted by Gasteiger charge is -2.23. The van der Waals surface area contributed by atoms with Crippen LogP contribution in [-0.2, 0) is 4.79 Å². The number of aromatic nitrogens is 1. The van der Waals surface area contributed by atoms with Crippen LogP contribution in [0.25, 0.3) is 0 Å². The maximum atomic E-state index is 11.9. The van der Waals surface area contributed by atoms with Gasteiger partial charge in [0.2, 0.25) is 11.8 Å². The molecular formula is C15H24N4O2. The summed E-state index contributed by atoms with van der Waals surface area (Å²) in [5.74, 6) is 1.87. The molecule has 0 bridgehead atoms. The largest absolute Gasteiger partial charge is 0.476 e. The molecule has 0 aliphatic heterocycles. The minimum atomic E-state index is 0.0379. The minimum Gasteiger partial charge on any atom is -0.476 e. The highest BCUT2D eigenvalue weighted by atomic mass is 16.5. The number of rotatable bonds is 7. The Hall–Kier alpha value is -1.98. The zero-order valence-electron chi connectivity index (χ0n) is 13.0. The van der Waals surface area contributed by atoms with E-state index in [0.29, 0.717) is 43.0 Å². The second kappa shape index (κ2) is 6.65. The third-order valence-electron chi connectivity index (χ3n) is 3.56. The van der Waals surface area contributed by atoms with Crippen LogP contribution >= 0.6 is 0 Å². The molecule has 1 aromatic rings. The van der Waals surface area contributed by atoms with Crippen LogP contribution in [0.3, 0.4) is 0 Å². The number of likely N-dealkylation sites (N-methyl/N-ethyl adjacent to an activating group) is 2. The van der Waals surface area contributed by atoms with Crippen LogP contribution in [-0.4, -0.2) is 49.6 Å². The molecule has 21 heavy (non-hydrogen) atoms. The number of ether oxygens (including phenoxy) is 1. The third-order valence-corrected chi connectivity index (χ3v) is 3.56. The van der Waals surface area contributed by atoms with Gasteiger partial charge in [-0.25, -0.2) is 0 Å². The number of carbonyl (C=O) groups excluding carboxylic acids is 1. The van der Waals surface area contributed by atoms with Crippen LogP contribution in [0.5, 0.6) is 5.88 Å². The normalized spacial score (nSPS) is 13.9. The van der Waals surface area contributed by atoms with Crippen LogP contribution in [0.4, 0.5) is 11.5 Å². The molecule has 1 aliphatic carbocycles. The monoisotopic (exact) mass is 292 g/mol. The molecule has 2 rings (SSSR count). The van der Waals surface area contributed by atoms with Gasteiger partial charge in [0.05, 0.1) is 18.8 Å². The Labute approximate surface area is 125 Å². The van der Waals surface area contributed by atoms with Crippen molar-refractivity contribution in [3.05, 3.63) is 12.1 Å². The van der Waals surface area contributed by atoms with Crippen LogP contribution < -0.4 is 15.4 Å². The highest BCUT2D eigenvalue weighted by Crippen LogP contribution is 2.31. The fourth-order valence-electron chi connectivity index (χ4n) is 1.87. The zero-order chi connectivity index (χ0) is 15.4. The molecule has 1 saturated carbocycles. The lowest BCUT2D eigenvalue weighted by Crippen LogP contribution is -2.37. The van der Waals surface area contributed by atoms with Gasteiger partial charge in [0.1, 0.15) is 5.82 Å². The first-order valence-electron chi connectivity index (χ1n) is 7.35. The Kier molecular flexibility index (Phi) is 4.88. The predicted octanol–water partition coefficient (Wildman–Crippen LogP) is 1.37. The van der Waals surface area contributed by atoms with Gasteiger partial charge < -0.3 is 20.3 Å². The molecule has 1 amide bonds. The molecule has 0 spiro atoms. The van der Waals surface area contributed by atoms with Gasteiger partial charge in [0, 0.05) is 20.6 Å². The summed E-state index contributed by atoms with van der Waals surface area (Å²) in [6.45, 7) is 3.65. The van der Waals surface area contributed by atoms with E-state index in [1.165, 1.54) is 12.8 Å². The first kappa shape index (κ1) is 15.4. The first-order chi connectivity index (χ1) is 10.0. The predicted molar refractivity (Wildman–Crippen MR) is 83.4 cm³/mol. The molecule has 2 N–H and O–H groups in total. The summed E-state index contributed by atoms with van der Waals surface area (Å²) in [4.78, 5) is 19.8. The summed E-state index contributed by atoms with van der Waals surface area (Å²) in [5.41, 5.74) is 6.44. The van der Waals surface area contributed by atoms with Gasteiger partial charge in [-0.05, 0) is 37.8 Å². The second-order valence-corrected chi connectivity index (χ2v) is 5.62. The van der Waals surface area contributed by atoms with Crippen molar-refractivity contribution in [1.82, 2.24) is 9.88 Å². The lowest BCUT2D eigenvalue weighted by atomic mass is 10.3. The molecule has 1 aromatic heterocycles. The van der Waals surface area contributed by atoms with Crippen molar-refractivity contribution in [3.63, 3.8) is 0 Å². The summed E-state index contributed by atoms with van der Waals surface area (Å²) in [5, 5.41) is 0. The zero-order valence-corrected chi connectivity index (χ0v) is 13.0. The highest BCUT2D eigenvalue weighted by Gasteiger charge is 2.23. The number of pyridine rings is 1. The third kappa shape index (κ3) is 4.24. The molecule has 0 unspecified atom stereocenters. The number of nitrogen functional groups attached to an aromatic ring is 1. The van der Waals surface area contributed by atoms with E-state index >= 15 is 0 Å². The number of hydrogen-bond acceptors (Lipinski definition) is 5. The van der Waals surface area contributed by atoms with E-state index in [2.05, 4.69) is 4.98 Å². The maximum Gasteiger partial charge on any atom is 0.241 e. The van der Waals surface area contributed by atoms with Crippen LogP contribution in [0, 0.1) is 5.92 Å². The van der Waals surface area contributed by atoms with Crippen molar-refractivity contribution in [3.8, 4) is 5.88 Å². The fraction of sp³-hybridized carbons (Fsp3) is 0.600. The first-order valence-corrected chi connectivity index (χ1v) is 7.35. The molecular weight excluding hydrogens is 268 g/mol. The van der Waals surface area contributed by atoms with Gasteiger partial charge in [-0.2, -0.15) is 4.98 Å². The lowest BCUT2D eigenvalue weighted by molar-refractivity contribution is -0.127. The molecule has 0 saturated heterocycles. The average molecular weight is 292 g/mol. The van der Waals surface area contributed by atoms with Gasteiger partial charge in [0.25, 0.3) is 0 Å². The van der Waals surface area contributed by atoms with Crippen molar-refractivity contribution < 1.29 is 9.53 Å². The van der Waals surface area contributed by atoms with Gasteiger partial charge in [-0.3, -0.25) is 4.79 Å². The van der Waals surface area contributed by atoms with E-state index in [9.17, 15) is 4.79 Å². The van der Waals surface area contributed by atoms with Crippen molar-refractivity contribution in [2.24, 2.45) is 5.92 Å². The molecule has 0 aromatic carbocycles. The van der Waals surface area contributed by atoms with Crippen LogP contribution in [0.15, 0.2) is 12.1 Å². The summed E-state index contributed by atoms with van der Waals surface area (Å²) in [7, 11) is 3.49. The number of carbonyl (C=O) groups is 1. The number of amides is 1. The second-order valence-electron chi connectivity index (χ2n) is 5.62. The highest BCUT2D eigenvalue weighted by molar-refractivity contribution is 5.80. The van der Waals surface area contributed by atoms with Crippen molar-refractivity contribution in [2.45, 2.75) is 19.8 Å². The van der Waals surface area contributed by atoms with E-state index in [4.69, 9.17) is 10.5 Å². The molecule has 116 valence electrons. The molecule has 0 radical (unpaired) electrons. The minimum absolute atomic E-state index is 0.0379. The number of hydrogen-bond donors (Lipinski definition) is 1. The molecule has 1 aliphatic rings. The topological polar surface area (TPSA) is 71.7 Å². The smallest absolute Gasteiger partial charge is 0.241 e. The standard InChI is InChI=1S/C15H24N4O2/c1-4-19(9-14(20)18(2)3)13-8-7-12(16)15(17-13)21-10-11-5-6-11/h7-8,11H,4-6,9-10,16H2,1-3H3. The summed E-state index contributed by atoms with van der Waals surface area (Å²) in [6, 6.07) is 3.61. The van der Waals surface area contributed by atoms with E-state index in [1.807, 2.05) is 17.9 Å². The Morgan fingerprint density at radius 2 is 2.14 bits per heavy atom. The molecule has 6 nitrogen and oxygen atoms in total. The molecule has 0 atom stereocenters. The fourth-order valence-corrected chi connectivity index (χ4v) is 1.87. The van der Waals surface area contributed by atoms with Gasteiger partial charge in [0.15, 0.2) is 0 Å². The van der Waals surface area contributed by atoms with Crippen LogP contribution in [0.1, 0.15) is 19.8 Å². The van der Waals surface area contributed by atoms with E-state index in [-0.39, 0.29) is 5.91 Å². The van der Waals surface area contributed by atoms with Gasteiger partial charge in [-0.15, -0.1) is 0 Å². The Balaban J connectivity index is 2.08. The van der Waals surface area contributed by atoms with Gasteiger partial charge in [-0.1, -0.05) is 0 Å².